The molecule has 6 heteroatoms. The third kappa shape index (κ3) is 4.36. The number of allylic oxidation sites excluding steroid dienone is 1. The Bertz CT molecular complexity index is 1060. The van der Waals surface area contributed by atoms with Crippen molar-refractivity contribution in [3.8, 4) is 6.07 Å². The van der Waals surface area contributed by atoms with Crippen LogP contribution in [0.15, 0.2) is 51.5 Å². The molecule has 1 saturated heterocycles. The van der Waals surface area contributed by atoms with Crippen LogP contribution in [0.3, 0.4) is 0 Å². The zero-order valence-corrected chi connectivity index (χ0v) is 17.9. The Balaban J connectivity index is 1.59. The number of nitrogens with one attached hydrogen (secondary N) is 1. The third-order valence-corrected chi connectivity index (χ3v) is 6.09. The predicted octanol–water partition coefficient (Wildman–Crippen LogP) is 5.22. The Morgan fingerprint density at radius 3 is 2.79 bits per heavy atom. The number of nitrogens with zero attached hydrogens (tertiary/aromatic N) is 3. The summed E-state index contributed by atoms with van der Waals surface area (Å²) in [4.78, 5) is 6.96. The molecule has 0 unspecified atom stereocenters. The molecule has 0 radical (unpaired) electrons. The fourth-order valence-electron chi connectivity index (χ4n) is 3.66. The molecule has 29 heavy (non-hydrogen) atoms. The van der Waals surface area contributed by atoms with Crippen LogP contribution < -0.4 is 5.32 Å². The molecule has 0 saturated carbocycles. The molecule has 1 N–H and O–H groups in total. The number of halogens is 1. The lowest BCUT2D eigenvalue weighted by atomic mass is 10.1. The average Bonchev–Trinajstić information content (AvgIpc) is 3.11. The van der Waals surface area contributed by atoms with Gasteiger partial charge in [-0.3, -0.25) is 0 Å². The number of anilines is 1. The molecule has 1 aliphatic rings. The first kappa shape index (κ1) is 19.7. The molecule has 5 nitrogen and oxygen atoms in total. The maximum Gasteiger partial charge on any atom is 0.212 e. The van der Waals surface area contributed by atoms with Crippen LogP contribution in [0, 0.1) is 11.3 Å². The summed E-state index contributed by atoms with van der Waals surface area (Å²) in [6.45, 7) is 2.15. The minimum Gasteiger partial charge on any atom is -0.444 e. The molecule has 0 bridgehead atoms. The van der Waals surface area contributed by atoms with Crippen LogP contribution in [0.2, 0.25) is 0 Å². The van der Waals surface area contributed by atoms with Crippen LogP contribution in [0.4, 0.5) is 5.82 Å². The second kappa shape index (κ2) is 8.81. The zero-order chi connectivity index (χ0) is 20.2. The number of rotatable bonds is 5. The standard InChI is InChI=1S/C23H23BrN4O/c1-28-12-10-17(11-13-28)27-23-21(24)22-19(15-26-23)18(20(14-25)29-22)9-5-8-16-6-3-2-4-7-16/h2-7,9,15,17H,8,10-13H2,1H3,(H,26,27)/b9-5+. The van der Waals surface area contributed by atoms with Gasteiger partial charge < -0.3 is 14.6 Å². The lowest BCUT2D eigenvalue weighted by Gasteiger charge is -2.30. The lowest BCUT2D eigenvalue weighted by molar-refractivity contribution is 0.263. The van der Waals surface area contributed by atoms with E-state index in [0.717, 1.165) is 53.6 Å². The number of nitriles is 1. The summed E-state index contributed by atoms with van der Waals surface area (Å²) in [7, 11) is 2.15. The Hall–Kier alpha value is -2.62. The van der Waals surface area contributed by atoms with E-state index in [-0.39, 0.29) is 0 Å². The molecule has 4 rings (SSSR count). The monoisotopic (exact) mass is 450 g/mol. The number of fused-ring (bicyclic) bond motifs is 1. The van der Waals surface area contributed by atoms with Gasteiger partial charge in [-0.2, -0.15) is 5.26 Å². The molecule has 0 atom stereocenters. The van der Waals surface area contributed by atoms with Crippen molar-refractivity contribution < 1.29 is 4.42 Å². The number of hydrogen-bond acceptors (Lipinski definition) is 5. The molecule has 1 fully saturated rings. The molecule has 2 aromatic heterocycles. The highest BCUT2D eigenvalue weighted by Crippen LogP contribution is 2.36. The van der Waals surface area contributed by atoms with Crippen LogP contribution in [0.25, 0.3) is 17.0 Å². The largest absolute Gasteiger partial charge is 0.444 e. The van der Waals surface area contributed by atoms with Crippen molar-refractivity contribution in [2.24, 2.45) is 0 Å². The van der Waals surface area contributed by atoms with Gasteiger partial charge in [0.05, 0.1) is 0 Å². The van der Waals surface area contributed by atoms with Gasteiger partial charge in [-0.1, -0.05) is 42.5 Å². The maximum atomic E-state index is 9.55. The van der Waals surface area contributed by atoms with Crippen molar-refractivity contribution in [2.75, 3.05) is 25.5 Å². The maximum absolute atomic E-state index is 9.55. The summed E-state index contributed by atoms with van der Waals surface area (Å²) in [5, 5.41) is 13.9. The van der Waals surface area contributed by atoms with E-state index in [2.05, 4.69) is 62.5 Å². The van der Waals surface area contributed by atoms with Crippen LogP contribution in [-0.2, 0) is 6.42 Å². The van der Waals surface area contributed by atoms with Gasteiger partial charge in [0.15, 0.2) is 5.58 Å². The summed E-state index contributed by atoms with van der Waals surface area (Å²) in [6, 6.07) is 12.8. The zero-order valence-electron chi connectivity index (χ0n) is 16.4. The van der Waals surface area contributed by atoms with Gasteiger partial charge in [-0.05, 0) is 60.9 Å². The van der Waals surface area contributed by atoms with Crippen molar-refractivity contribution in [1.29, 1.82) is 5.26 Å². The van der Waals surface area contributed by atoms with Crippen molar-refractivity contribution in [3.05, 3.63) is 64.0 Å². The van der Waals surface area contributed by atoms with Crippen molar-refractivity contribution >= 4 is 38.8 Å². The van der Waals surface area contributed by atoms with E-state index in [1.54, 1.807) is 6.20 Å². The molecule has 3 aromatic rings. The van der Waals surface area contributed by atoms with Crippen LogP contribution >= 0.6 is 15.9 Å². The van der Waals surface area contributed by atoms with E-state index in [0.29, 0.717) is 17.4 Å². The van der Waals surface area contributed by atoms with E-state index in [1.807, 2.05) is 24.3 Å². The number of likely N-dealkylation sites (tertiary alicyclic amines) is 1. The minimum atomic E-state index is 0.309. The highest BCUT2D eigenvalue weighted by atomic mass is 79.9. The second-order valence-electron chi connectivity index (χ2n) is 7.43. The molecule has 1 aromatic carbocycles. The summed E-state index contributed by atoms with van der Waals surface area (Å²) in [5.41, 5.74) is 2.66. The number of aromatic nitrogens is 1. The van der Waals surface area contributed by atoms with E-state index < -0.39 is 0 Å². The summed E-state index contributed by atoms with van der Waals surface area (Å²) in [6.07, 6.45) is 8.76. The molecule has 0 spiro atoms. The Kier molecular flexibility index (Phi) is 5.98. The average molecular weight is 451 g/mol. The van der Waals surface area contributed by atoms with Crippen molar-refractivity contribution in [1.82, 2.24) is 9.88 Å². The number of hydrogen-bond donors (Lipinski definition) is 1. The summed E-state index contributed by atoms with van der Waals surface area (Å²) in [5.74, 6) is 1.08. The number of piperidine rings is 1. The fourth-order valence-corrected chi connectivity index (χ4v) is 4.17. The van der Waals surface area contributed by atoms with E-state index in [9.17, 15) is 5.26 Å². The second-order valence-corrected chi connectivity index (χ2v) is 8.23. The van der Waals surface area contributed by atoms with Gasteiger partial charge in [0.25, 0.3) is 0 Å². The quantitative estimate of drug-likeness (QED) is 0.576. The highest BCUT2D eigenvalue weighted by molar-refractivity contribution is 9.10. The van der Waals surface area contributed by atoms with Crippen molar-refractivity contribution in [2.45, 2.75) is 25.3 Å². The topological polar surface area (TPSA) is 65.1 Å². The SMILES string of the molecule is CN1CCC(Nc2ncc3c(/C=C/Cc4ccccc4)c(C#N)oc3c2Br)CC1. The summed E-state index contributed by atoms with van der Waals surface area (Å²) >= 11 is 3.64. The number of benzene rings is 1. The summed E-state index contributed by atoms with van der Waals surface area (Å²) < 4.78 is 6.65. The normalized spacial score (nSPS) is 15.8. The van der Waals surface area contributed by atoms with Gasteiger partial charge in [0.1, 0.15) is 16.4 Å². The van der Waals surface area contributed by atoms with E-state index >= 15 is 0 Å². The van der Waals surface area contributed by atoms with Gasteiger partial charge in [-0.25, -0.2) is 4.98 Å². The predicted molar refractivity (Wildman–Crippen MR) is 120 cm³/mol. The first-order valence-electron chi connectivity index (χ1n) is 9.82. The number of pyridine rings is 1. The smallest absolute Gasteiger partial charge is 0.212 e. The van der Waals surface area contributed by atoms with E-state index in [4.69, 9.17) is 4.42 Å². The highest BCUT2D eigenvalue weighted by Gasteiger charge is 2.21. The Morgan fingerprint density at radius 1 is 1.31 bits per heavy atom. The van der Waals surface area contributed by atoms with Crippen LogP contribution in [0.1, 0.15) is 29.7 Å². The van der Waals surface area contributed by atoms with Crippen molar-refractivity contribution in [3.63, 3.8) is 0 Å². The fraction of sp³-hybridized carbons (Fsp3) is 0.304. The molecular formula is C23H23BrN4O. The van der Waals surface area contributed by atoms with Gasteiger partial charge in [-0.15, -0.1) is 0 Å². The Morgan fingerprint density at radius 2 is 2.07 bits per heavy atom. The van der Waals surface area contributed by atoms with Gasteiger partial charge >= 0.3 is 0 Å². The van der Waals surface area contributed by atoms with Crippen LogP contribution in [-0.4, -0.2) is 36.1 Å². The first-order chi connectivity index (χ1) is 14.2. The first-order valence-corrected chi connectivity index (χ1v) is 10.6. The third-order valence-electron chi connectivity index (χ3n) is 5.36. The molecule has 148 valence electrons. The molecule has 0 amide bonds. The number of furan rings is 1. The lowest BCUT2D eigenvalue weighted by Crippen LogP contribution is -2.36. The van der Waals surface area contributed by atoms with Gasteiger partial charge in [0, 0.05) is 23.2 Å². The van der Waals surface area contributed by atoms with Gasteiger partial charge in [0.2, 0.25) is 5.76 Å². The molecule has 1 aliphatic heterocycles. The molecule has 0 aliphatic carbocycles. The minimum absolute atomic E-state index is 0.309. The van der Waals surface area contributed by atoms with E-state index in [1.165, 1.54) is 5.56 Å². The molecular weight excluding hydrogens is 428 g/mol. The van der Waals surface area contributed by atoms with Crippen LogP contribution in [0.5, 0.6) is 0 Å². The Labute approximate surface area is 179 Å². The molecule has 3 heterocycles.